The molecule has 0 saturated heterocycles. The number of fused-ring (bicyclic) bond motifs is 3. The van der Waals surface area contributed by atoms with Gasteiger partial charge in [-0.1, -0.05) is 24.6 Å². The molecule has 1 aliphatic carbocycles. The van der Waals surface area contributed by atoms with Crippen molar-refractivity contribution in [1.29, 1.82) is 5.41 Å². The summed E-state index contributed by atoms with van der Waals surface area (Å²) in [5.74, 6) is 1.56. The van der Waals surface area contributed by atoms with Gasteiger partial charge in [-0.15, -0.1) is 0 Å². The number of rotatable bonds is 4. The number of halogens is 1. The third-order valence-electron chi connectivity index (χ3n) is 5.31. The summed E-state index contributed by atoms with van der Waals surface area (Å²) in [6, 6.07) is 6.33. The van der Waals surface area contributed by atoms with Crippen LogP contribution in [0.5, 0.6) is 0 Å². The molecule has 0 spiro atoms. The summed E-state index contributed by atoms with van der Waals surface area (Å²) in [5.41, 5.74) is 4.35. The second kappa shape index (κ2) is 6.93. The van der Waals surface area contributed by atoms with Crippen molar-refractivity contribution in [2.45, 2.75) is 26.3 Å². The topological polar surface area (TPSA) is 60.9 Å². The van der Waals surface area contributed by atoms with Crippen LogP contribution in [0.4, 0.5) is 0 Å². The van der Waals surface area contributed by atoms with Crippen molar-refractivity contribution in [3.8, 4) is 0 Å². The lowest BCUT2D eigenvalue weighted by molar-refractivity contribution is 0.255. The van der Waals surface area contributed by atoms with Crippen molar-refractivity contribution in [3.63, 3.8) is 0 Å². The Bertz CT molecular complexity index is 911. The molecule has 1 aromatic carbocycles. The van der Waals surface area contributed by atoms with Crippen LogP contribution in [-0.4, -0.2) is 23.8 Å². The van der Waals surface area contributed by atoms with Crippen molar-refractivity contribution < 1.29 is 4.74 Å². The predicted octanol–water partition coefficient (Wildman–Crippen LogP) is 4.77. The van der Waals surface area contributed by atoms with Crippen molar-refractivity contribution in [2.24, 2.45) is 11.8 Å². The molecule has 0 fully saturated rings. The Morgan fingerprint density at radius 1 is 1.38 bits per heavy atom. The van der Waals surface area contributed by atoms with Gasteiger partial charge in [0.2, 0.25) is 0 Å². The van der Waals surface area contributed by atoms with E-state index >= 15 is 0 Å². The summed E-state index contributed by atoms with van der Waals surface area (Å²) >= 11 is 6.22. The standard InChI is InChI=1S/C21H24ClN3O/c1-12-9-15(26-11-13(2)23)4-5-16(12)20-21-17(7-8-24-20)18-10-14(22)3-6-19(18)25-21/h3-6,9-10,12,16,20,23-25H,7-8,11H2,1-2H3. The highest BCUT2D eigenvalue weighted by molar-refractivity contribution is 6.31. The van der Waals surface area contributed by atoms with E-state index in [2.05, 4.69) is 41.5 Å². The zero-order chi connectivity index (χ0) is 18.3. The largest absolute Gasteiger partial charge is 0.488 e. The first-order valence-electron chi connectivity index (χ1n) is 9.13. The molecule has 3 N–H and O–H groups in total. The zero-order valence-corrected chi connectivity index (χ0v) is 15.9. The Morgan fingerprint density at radius 3 is 3.00 bits per heavy atom. The number of ether oxygens (including phenoxy) is 1. The monoisotopic (exact) mass is 369 g/mol. The fourth-order valence-corrected chi connectivity index (χ4v) is 4.24. The van der Waals surface area contributed by atoms with Gasteiger partial charge in [-0.25, -0.2) is 0 Å². The number of aromatic nitrogens is 1. The Morgan fingerprint density at radius 2 is 2.23 bits per heavy atom. The second-order valence-corrected chi connectivity index (χ2v) is 7.76. The van der Waals surface area contributed by atoms with Crippen molar-refractivity contribution in [2.75, 3.05) is 13.2 Å². The van der Waals surface area contributed by atoms with E-state index in [1.165, 1.54) is 16.6 Å². The third kappa shape index (κ3) is 3.19. The summed E-state index contributed by atoms with van der Waals surface area (Å²) in [6.07, 6.45) is 7.47. The second-order valence-electron chi connectivity index (χ2n) is 7.32. The Balaban J connectivity index is 1.62. The van der Waals surface area contributed by atoms with Gasteiger partial charge in [0, 0.05) is 33.2 Å². The minimum atomic E-state index is 0.249. The average molecular weight is 370 g/mol. The normalized spacial score (nSPS) is 25.0. The van der Waals surface area contributed by atoms with Crippen LogP contribution in [-0.2, 0) is 11.2 Å². The first-order chi connectivity index (χ1) is 12.5. The summed E-state index contributed by atoms with van der Waals surface area (Å²) in [6.45, 7) is 5.30. The number of hydrogen-bond acceptors (Lipinski definition) is 3. The van der Waals surface area contributed by atoms with Gasteiger partial charge in [0.15, 0.2) is 0 Å². The highest BCUT2D eigenvalue weighted by Gasteiger charge is 2.33. The molecule has 136 valence electrons. The molecule has 5 heteroatoms. The average Bonchev–Trinajstić information content (AvgIpc) is 2.98. The highest BCUT2D eigenvalue weighted by atomic mass is 35.5. The van der Waals surface area contributed by atoms with E-state index in [9.17, 15) is 0 Å². The summed E-state index contributed by atoms with van der Waals surface area (Å²) in [5, 5.41) is 13.2. The third-order valence-corrected chi connectivity index (χ3v) is 5.54. The van der Waals surface area contributed by atoms with E-state index in [0.29, 0.717) is 24.2 Å². The molecule has 0 saturated carbocycles. The van der Waals surface area contributed by atoms with E-state index in [0.717, 1.165) is 29.3 Å². The van der Waals surface area contributed by atoms with Crippen molar-refractivity contribution in [1.82, 2.24) is 10.3 Å². The fourth-order valence-electron chi connectivity index (χ4n) is 4.07. The van der Waals surface area contributed by atoms with Crippen molar-refractivity contribution >= 4 is 28.2 Å². The maximum absolute atomic E-state index is 7.51. The minimum absolute atomic E-state index is 0.249. The van der Waals surface area contributed by atoms with Gasteiger partial charge in [0.25, 0.3) is 0 Å². The summed E-state index contributed by atoms with van der Waals surface area (Å²) in [7, 11) is 0. The van der Waals surface area contributed by atoms with Gasteiger partial charge in [0.05, 0.1) is 6.04 Å². The Labute approximate surface area is 158 Å². The SMILES string of the molecule is CC(=N)COC1=CC(C)C(C2NCCc3c2[nH]c2ccc(Cl)cc32)C=C1. The predicted molar refractivity (Wildman–Crippen MR) is 107 cm³/mol. The molecule has 1 aliphatic heterocycles. The van der Waals surface area contributed by atoms with Crippen LogP contribution >= 0.6 is 11.6 Å². The molecule has 0 radical (unpaired) electrons. The van der Waals surface area contributed by atoms with Crippen LogP contribution < -0.4 is 5.32 Å². The molecule has 0 bridgehead atoms. The Hall–Kier alpha value is -2.04. The lowest BCUT2D eigenvalue weighted by atomic mass is 9.80. The number of nitrogens with one attached hydrogen (secondary N) is 3. The lowest BCUT2D eigenvalue weighted by Gasteiger charge is -2.34. The first kappa shape index (κ1) is 17.4. The highest BCUT2D eigenvalue weighted by Crippen LogP contribution is 2.39. The van der Waals surface area contributed by atoms with Crippen LogP contribution in [0.3, 0.4) is 0 Å². The van der Waals surface area contributed by atoms with Crippen LogP contribution in [0.1, 0.15) is 31.1 Å². The zero-order valence-electron chi connectivity index (χ0n) is 15.1. The number of allylic oxidation sites excluding steroid dienone is 2. The van der Waals surface area contributed by atoms with Crippen molar-refractivity contribution in [3.05, 3.63) is 58.5 Å². The van der Waals surface area contributed by atoms with Gasteiger partial charge in [-0.3, -0.25) is 0 Å². The lowest BCUT2D eigenvalue weighted by Crippen LogP contribution is -2.36. The van der Waals surface area contributed by atoms with Gasteiger partial charge in [0.1, 0.15) is 12.4 Å². The van der Waals surface area contributed by atoms with Crippen LogP contribution in [0.25, 0.3) is 10.9 Å². The molecule has 4 rings (SSSR count). The molecule has 2 aromatic rings. The molecule has 2 heterocycles. The maximum Gasteiger partial charge on any atom is 0.125 e. The van der Waals surface area contributed by atoms with Gasteiger partial charge in [-0.2, -0.15) is 0 Å². The van der Waals surface area contributed by atoms with Gasteiger partial charge in [-0.05, 0) is 61.7 Å². The first-order valence-corrected chi connectivity index (χ1v) is 9.51. The number of H-pyrrole nitrogens is 1. The quantitative estimate of drug-likeness (QED) is 0.680. The molecule has 4 nitrogen and oxygen atoms in total. The summed E-state index contributed by atoms with van der Waals surface area (Å²) < 4.78 is 5.69. The van der Waals surface area contributed by atoms with Crippen LogP contribution in [0.2, 0.25) is 5.02 Å². The molecule has 26 heavy (non-hydrogen) atoms. The van der Waals surface area contributed by atoms with Crippen LogP contribution in [0.15, 0.2) is 42.2 Å². The van der Waals surface area contributed by atoms with E-state index < -0.39 is 0 Å². The molecular weight excluding hydrogens is 346 g/mol. The minimum Gasteiger partial charge on any atom is -0.488 e. The van der Waals surface area contributed by atoms with E-state index in [1.54, 1.807) is 6.92 Å². The van der Waals surface area contributed by atoms with E-state index in [-0.39, 0.29) is 6.04 Å². The molecule has 3 unspecified atom stereocenters. The van der Waals surface area contributed by atoms with Gasteiger partial charge >= 0.3 is 0 Å². The number of hydrogen-bond donors (Lipinski definition) is 3. The summed E-state index contributed by atoms with van der Waals surface area (Å²) in [4.78, 5) is 3.63. The van der Waals surface area contributed by atoms with E-state index in [1.807, 2.05) is 12.1 Å². The molecule has 2 aliphatic rings. The molecule has 0 amide bonds. The molecular formula is C21H24ClN3O. The number of aromatic amines is 1. The smallest absolute Gasteiger partial charge is 0.125 e. The van der Waals surface area contributed by atoms with Crippen LogP contribution in [0, 0.1) is 17.2 Å². The number of benzene rings is 1. The van der Waals surface area contributed by atoms with Gasteiger partial charge < -0.3 is 20.4 Å². The molecule has 1 aromatic heterocycles. The molecule has 3 atom stereocenters. The van der Waals surface area contributed by atoms with E-state index in [4.69, 9.17) is 21.7 Å². The maximum atomic E-state index is 7.51. The fraction of sp³-hybridized carbons (Fsp3) is 0.381. The Kier molecular flexibility index (Phi) is 4.63.